The lowest BCUT2D eigenvalue weighted by molar-refractivity contribution is -0.180. The first-order chi connectivity index (χ1) is 20.6. The van der Waals surface area contributed by atoms with Crippen LogP contribution in [-0.2, 0) is 43.7 Å². The second kappa shape index (κ2) is 15.9. The number of sulfonamides is 1. The number of hydrogen-bond acceptors (Lipinski definition) is 7. The Hall–Kier alpha value is -2.66. The summed E-state index contributed by atoms with van der Waals surface area (Å²) in [6.45, 7) is 7.09. The van der Waals surface area contributed by atoms with Gasteiger partial charge in [0.15, 0.2) is 0 Å². The largest absolute Gasteiger partial charge is 0.463 e. The molecule has 0 spiro atoms. The average molecular weight is 617 g/mol. The zero-order valence-corrected chi connectivity index (χ0v) is 26.5. The molecule has 1 fully saturated rings. The fourth-order valence-electron chi connectivity index (χ4n) is 5.49. The van der Waals surface area contributed by atoms with E-state index >= 15 is 0 Å². The summed E-state index contributed by atoms with van der Waals surface area (Å²) in [4.78, 5) is 14.2. The molecule has 2 heterocycles. The van der Waals surface area contributed by atoms with Crippen LogP contribution in [0.25, 0.3) is 0 Å². The van der Waals surface area contributed by atoms with E-state index in [9.17, 15) is 13.2 Å². The van der Waals surface area contributed by atoms with Gasteiger partial charge in [-0.25, -0.2) is 18.4 Å². The molecule has 2 aromatic carbocycles. The van der Waals surface area contributed by atoms with Crippen molar-refractivity contribution in [2.75, 3.05) is 32.1 Å². The third kappa shape index (κ3) is 11.4. The van der Waals surface area contributed by atoms with Gasteiger partial charge in [0, 0.05) is 39.2 Å². The molecule has 10 heteroatoms. The number of amides is 1. The number of cyclic esters (lactones) is 1. The maximum absolute atomic E-state index is 12.4. The second-order valence-corrected chi connectivity index (χ2v) is 13.8. The molecule has 0 aromatic heterocycles. The van der Waals surface area contributed by atoms with E-state index in [2.05, 4.69) is 24.3 Å². The minimum Gasteiger partial charge on any atom is -0.463 e. The van der Waals surface area contributed by atoms with Gasteiger partial charge >= 0.3 is 6.09 Å². The number of carbonyl (C=O) groups is 1. The Morgan fingerprint density at radius 3 is 2.37 bits per heavy atom. The number of rotatable bonds is 18. The monoisotopic (exact) mass is 616 g/mol. The van der Waals surface area contributed by atoms with E-state index in [0.717, 1.165) is 87.9 Å². The average Bonchev–Trinajstić information content (AvgIpc) is 3.33. The van der Waals surface area contributed by atoms with E-state index in [4.69, 9.17) is 24.1 Å². The van der Waals surface area contributed by atoms with Crippen LogP contribution < -0.4 is 9.88 Å². The summed E-state index contributed by atoms with van der Waals surface area (Å²) in [6, 6.07) is 14.5. The Balaban J connectivity index is 1.01. The van der Waals surface area contributed by atoms with Crippen LogP contribution in [0.3, 0.4) is 0 Å². The van der Waals surface area contributed by atoms with E-state index in [0.29, 0.717) is 26.1 Å². The normalized spacial score (nSPS) is 17.9. The molecule has 0 radical (unpaired) electrons. The van der Waals surface area contributed by atoms with Crippen molar-refractivity contribution in [1.29, 1.82) is 0 Å². The number of nitrogens with zero attached hydrogens (tertiary/aromatic N) is 1. The molecule has 2 aromatic rings. The molecule has 1 saturated heterocycles. The van der Waals surface area contributed by atoms with Gasteiger partial charge in [0.05, 0.1) is 18.9 Å². The van der Waals surface area contributed by atoms with Crippen molar-refractivity contribution in [3.63, 3.8) is 0 Å². The van der Waals surface area contributed by atoms with Gasteiger partial charge in [0.1, 0.15) is 11.9 Å². The highest BCUT2D eigenvalue weighted by atomic mass is 32.2. The summed E-state index contributed by atoms with van der Waals surface area (Å²) in [5.41, 5.74) is 4.51. The van der Waals surface area contributed by atoms with Gasteiger partial charge in [0.2, 0.25) is 15.8 Å². The fraction of sp³-hybridized carbons (Fsp3) is 0.606. The highest BCUT2D eigenvalue weighted by molar-refractivity contribution is 7.89. The summed E-state index contributed by atoms with van der Waals surface area (Å²) < 4.78 is 45.2. The van der Waals surface area contributed by atoms with Crippen molar-refractivity contribution in [2.45, 2.75) is 96.6 Å². The zero-order valence-electron chi connectivity index (χ0n) is 25.7. The van der Waals surface area contributed by atoms with E-state index < -0.39 is 15.8 Å². The minimum atomic E-state index is -3.37. The smallest absolute Gasteiger partial charge is 0.410 e. The van der Waals surface area contributed by atoms with Gasteiger partial charge in [-0.3, -0.25) is 0 Å². The van der Waals surface area contributed by atoms with Gasteiger partial charge in [-0.15, -0.1) is 0 Å². The first kappa shape index (κ1) is 33.2. The maximum Gasteiger partial charge on any atom is 0.410 e. The predicted octanol–water partition coefficient (Wildman–Crippen LogP) is 6.04. The maximum atomic E-state index is 12.4. The lowest BCUT2D eigenvalue weighted by atomic mass is 10.0. The number of primary sulfonamides is 1. The lowest BCUT2D eigenvalue weighted by Crippen LogP contribution is -2.35. The van der Waals surface area contributed by atoms with Crippen molar-refractivity contribution in [3.05, 3.63) is 64.7 Å². The number of carbonyl (C=O) groups excluding carboxylic acids is 1. The molecule has 2 N–H and O–H groups in total. The zero-order chi connectivity index (χ0) is 30.7. The SMILES string of the molecule is CC1(C)OCc2cc(C3CN(CCCCCCOCCCCc4cccc(CCCCS(N)(=O)=O)c4)C(=O)O3)ccc2O1. The van der Waals surface area contributed by atoms with Crippen LogP contribution in [-0.4, -0.2) is 57.3 Å². The first-order valence-corrected chi connectivity index (χ1v) is 17.4. The number of fused-ring (bicyclic) bond motifs is 1. The van der Waals surface area contributed by atoms with Crippen molar-refractivity contribution < 1.29 is 32.2 Å². The van der Waals surface area contributed by atoms with Crippen LogP contribution in [0, 0.1) is 0 Å². The molecular weight excluding hydrogens is 568 g/mol. The van der Waals surface area contributed by atoms with Gasteiger partial charge in [-0.1, -0.05) is 43.2 Å². The highest BCUT2D eigenvalue weighted by Crippen LogP contribution is 2.35. The molecule has 0 bridgehead atoms. The number of nitrogens with two attached hydrogens (primary N) is 1. The molecule has 238 valence electrons. The Morgan fingerprint density at radius 2 is 1.63 bits per heavy atom. The Kier molecular flexibility index (Phi) is 12.3. The van der Waals surface area contributed by atoms with Gasteiger partial charge in [-0.05, 0) is 80.2 Å². The van der Waals surface area contributed by atoms with Gasteiger partial charge < -0.3 is 23.8 Å². The third-order valence-electron chi connectivity index (χ3n) is 7.88. The van der Waals surface area contributed by atoms with Crippen molar-refractivity contribution in [3.8, 4) is 5.75 Å². The number of aryl methyl sites for hydroxylation is 2. The Labute approximate surface area is 257 Å². The molecule has 2 aliphatic heterocycles. The van der Waals surface area contributed by atoms with Crippen LogP contribution >= 0.6 is 0 Å². The van der Waals surface area contributed by atoms with E-state index in [1.807, 2.05) is 32.0 Å². The summed E-state index contributed by atoms with van der Waals surface area (Å²) >= 11 is 0. The lowest BCUT2D eigenvalue weighted by Gasteiger charge is -2.32. The highest BCUT2D eigenvalue weighted by Gasteiger charge is 2.33. The molecule has 4 rings (SSSR count). The standard InChI is InChI=1S/C33H48N2O7S/c1-33(2)40-25-29-23-28(16-17-30(29)42-33)31-24-35(32(36)41-31)18-7-3-4-8-19-39-20-9-5-12-26-14-11-15-27(22-26)13-6-10-21-43(34,37)38/h11,14-17,22-23,31H,3-10,12-13,18-21,24-25H2,1-2H3,(H2,34,37,38). The van der Waals surface area contributed by atoms with E-state index in [1.165, 1.54) is 11.1 Å². The molecule has 9 nitrogen and oxygen atoms in total. The van der Waals surface area contributed by atoms with Gasteiger partial charge in [0.25, 0.3) is 0 Å². The fourth-order valence-corrected chi connectivity index (χ4v) is 6.10. The summed E-state index contributed by atoms with van der Waals surface area (Å²) in [7, 11) is -3.37. The number of unbranched alkanes of at least 4 members (excludes halogenated alkanes) is 5. The van der Waals surface area contributed by atoms with E-state index in [-0.39, 0.29) is 18.0 Å². The predicted molar refractivity (Wildman–Crippen MR) is 166 cm³/mol. The van der Waals surface area contributed by atoms with Crippen molar-refractivity contribution in [2.24, 2.45) is 5.14 Å². The molecule has 1 amide bonds. The van der Waals surface area contributed by atoms with Crippen LogP contribution in [0.4, 0.5) is 4.79 Å². The van der Waals surface area contributed by atoms with Crippen LogP contribution in [0.1, 0.15) is 93.6 Å². The summed E-state index contributed by atoms with van der Waals surface area (Å²) in [5, 5.41) is 5.07. The Bertz CT molecular complexity index is 1300. The first-order valence-electron chi connectivity index (χ1n) is 15.7. The molecular formula is C33H48N2O7S. The minimum absolute atomic E-state index is 0.0471. The topological polar surface area (TPSA) is 117 Å². The summed E-state index contributed by atoms with van der Waals surface area (Å²) in [5.74, 6) is 0.239. The van der Waals surface area contributed by atoms with Crippen LogP contribution in [0.15, 0.2) is 42.5 Å². The molecule has 0 aliphatic carbocycles. The van der Waals surface area contributed by atoms with Crippen molar-refractivity contribution >= 4 is 16.1 Å². The molecule has 1 unspecified atom stereocenters. The summed E-state index contributed by atoms with van der Waals surface area (Å²) in [6.07, 6.45) is 9.01. The van der Waals surface area contributed by atoms with Gasteiger partial charge in [-0.2, -0.15) is 0 Å². The van der Waals surface area contributed by atoms with Crippen LogP contribution in [0.2, 0.25) is 0 Å². The van der Waals surface area contributed by atoms with Crippen molar-refractivity contribution in [1.82, 2.24) is 4.90 Å². The Morgan fingerprint density at radius 1 is 0.930 bits per heavy atom. The van der Waals surface area contributed by atoms with Crippen LogP contribution in [0.5, 0.6) is 5.75 Å². The quantitative estimate of drug-likeness (QED) is 0.203. The molecule has 0 saturated carbocycles. The number of benzene rings is 2. The number of hydrogen-bond donors (Lipinski definition) is 1. The van der Waals surface area contributed by atoms with E-state index in [1.54, 1.807) is 4.90 Å². The molecule has 2 aliphatic rings. The number of ether oxygens (including phenoxy) is 4. The molecule has 1 atom stereocenters. The molecule has 43 heavy (non-hydrogen) atoms. The second-order valence-electron chi connectivity index (χ2n) is 12.1. The third-order valence-corrected chi connectivity index (χ3v) is 8.74.